The first-order chi connectivity index (χ1) is 24.2. The lowest BCUT2D eigenvalue weighted by Crippen LogP contribution is -2.39. The van der Waals surface area contributed by atoms with E-state index in [1.165, 1.54) is 11.5 Å². The van der Waals surface area contributed by atoms with Crippen molar-refractivity contribution in [2.75, 3.05) is 20.3 Å². The molecule has 2 unspecified atom stereocenters. The van der Waals surface area contributed by atoms with Crippen LogP contribution in [0.1, 0.15) is 24.0 Å². The van der Waals surface area contributed by atoms with Crippen LogP contribution in [0.3, 0.4) is 0 Å². The van der Waals surface area contributed by atoms with Crippen LogP contribution in [0.5, 0.6) is 5.88 Å². The third kappa shape index (κ3) is 7.35. The van der Waals surface area contributed by atoms with Gasteiger partial charge in [0, 0.05) is 77.9 Å². The van der Waals surface area contributed by atoms with Crippen LogP contribution in [0, 0.1) is 0 Å². The first-order valence-electron chi connectivity index (χ1n) is 15.9. The van der Waals surface area contributed by atoms with Crippen LogP contribution < -0.4 is 26.2 Å². The summed E-state index contributed by atoms with van der Waals surface area (Å²) in [5, 5.41) is 28.3. The largest absolute Gasteiger partial charge is 0.481 e. The number of aliphatic hydroxyl groups is 1. The molecule has 50 heavy (non-hydrogen) atoms. The highest BCUT2D eigenvalue weighted by Gasteiger charge is 2.21. The van der Waals surface area contributed by atoms with Gasteiger partial charge in [-0.05, 0) is 30.2 Å². The van der Waals surface area contributed by atoms with Gasteiger partial charge in [0.15, 0.2) is 0 Å². The number of rotatable bonds is 13. The average molecular weight is 718 g/mol. The van der Waals surface area contributed by atoms with E-state index in [2.05, 4.69) is 25.9 Å². The van der Waals surface area contributed by atoms with Gasteiger partial charge in [-0.2, -0.15) is 0 Å². The number of pyridine rings is 2. The fourth-order valence-electron chi connectivity index (χ4n) is 5.91. The van der Waals surface area contributed by atoms with Crippen molar-refractivity contribution in [2.45, 2.75) is 38.0 Å². The first-order valence-corrected chi connectivity index (χ1v) is 16.6. The Bertz CT molecular complexity index is 2140. The van der Waals surface area contributed by atoms with Gasteiger partial charge in [0.1, 0.15) is 11.7 Å². The maximum absolute atomic E-state index is 13.2. The molecular weight excluding hydrogens is 683 g/mol. The highest BCUT2D eigenvalue weighted by Crippen LogP contribution is 2.42. The number of hydrogen-bond donors (Lipinski definition) is 5. The molecule has 0 saturated carbocycles. The van der Waals surface area contributed by atoms with Crippen molar-refractivity contribution >= 4 is 40.7 Å². The van der Waals surface area contributed by atoms with Crippen molar-refractivity contribution in [3.8, 4) is 39.4 Å². The molecule has 5 aromatic rings. The summed E-state index contributed by atoms with van der Waals surface area (Å²) in [6.07, 6.45) is 4.55. The van der Waals surface area contributed by atoms with Crippen LogP contribution in [0.15, 0.2) is 77.9 Å². The van der Waals surface area contributed by atoms with E-state index in [0.29, 0.717) is 68.7 Å². The Kier molecular flexibility index (Phi) is 10.8. The molecule has 2 aromatic carbocycles. The topological polar surface area (TPSA) is 167 Å². The van der Waals surface area contributed by atoms with Crippen molar-refractivity contribution in [2.24, 2.45) is 0 Å². The van der Waals surface area contributed by atoms with Gasteiger partial charge < -0.3 is 25.6 Å². The smallest absolute Gasteiger partial charge is 0.323 e. The number of carbonyl (C=O) groups excluding carboxylic acids is 1. The van der Waals surface area contributed by atoms with E-state index in [1.54, 1.807) is 24.5 Å². The summed E-state index contributed by atoms with van der Waals surface area (Å²) in [7, 11) is 1.47. The molecule has 5 N–H and O–H groups in total. The molecule has 12 nitrogen and oxygen atoms in total. The van der Waals surface area contributed by atoms with E-state index >= 15 is 0 Å². The summed E-state index contributed by atoms with van der Waals surface area (Å²) >= 11 is 14.1. The number of ether oxygens (including phenoxy) is 1. The number of amides is 1. The van der Waals surface area contributed by atoms with Gasteiger partial charge >= 0.3 is 5.97 Å². The van der Waals surface area contributed by atoms with Crippen LogP contribution in [0.2, 0.25) is 10.0 Å². The molecule has 2 atom stereocenters. The Morgan fingerprint density at radius 1 is 1.02 bits per heavy atom. The third-order valence-electron chi connectivity index (χ3n) is 8.60. The highest BCUT2D eigenvalue weighted by molar-refractivity contribution is 6.39. The van der Waals surface area contributed by atoms with Gasteiger partial charge in [-0.1, -0.05) is 65.7 Å². The molecule has 1 aliphatic rings. The number of methoxy groups -OCH3 is 1. The number of fused-ring (bicyclic) bond motifs is 1. The molecule has 4 heterocycles. The van der Waals surface area contributed by atoms with Gasteiger partial charge in [-0.25, -0.2) is 9.97 Å². The summed E-state index contributed by atoms with van der Waals surface area (Å²) in [5.41, 5.74) is 5.44. The number of hydrogen-bond acceptors (Lipinski definition) is 9. The molecule has 14 heteroatoms. The molecule has 0 radical (unpaired) electrons. The number of halogens is 2. The lowest BCUT2D eigenvalue weighted by molar-refractivity contribution is -0.140. The van der Waals surface area contributed by atoms with E-state index in [0.717, 1.165) is 17.5 Å². The maximum atomic E-state index is 13.2. The number of carbonyl (C=O) groups is 2. The second-order valence-electron chi connectivity index (χ2n) is 11.8. The molecule has 258 valence electrons. The number of benzene rings is 2. The maximum Gasteiger partial charge on any atom is 0.323 e. The summed E-state index contributed by atoms with van der Waals surface area (Å²) < 4.78 is 6.98. The van der Waals surface area contributed by atoms with Crippen molar-refractivity contribution < 1.29 is 24.5 Å². The number of carboxylic acid groups (broad SMARTS) is 1. The SMILES string of the molecule is COc1nc(-c2cccc(-c3cccc(-c4ccn5c(=O)c(CNCC6CCC(=O)N6)cnc5c4)c3Cl)c2Cl)ccc1CNC(CO)C(=O)O. The zero-order valence-corrected chi connectivity index (χ0v) is 28.5. The van der Waals surface area contributed by atoms with E-state index in [1.807, 2.05) is 48.5 Å². The van der Waals surface area contributed by atoms with Gasteiger partial charge in [-0.3, -0.25) is 24.1 Å². The Labute approximate surface area is 297 Å². The number of aliphatic hydroxyl groups excluding tert-OH is 1. The first kappa shape index (κ1) is 35.0. The number of aliphatic carboxylic acids is 1. The monoisotopic (exact) mass is 716 g/mol. The van der Waals surface area contributed by atoms with E-state index in [-0.39, 0.29) is 29.9 Å². The van der Waals surface area contributed by atoms with Crippen LogP contribution in [-0.2, 0) is 22.7 Å². The van der Waals surface area contributed by atoms with Gasteiger partial charge in [0.25, 0.3) is 5.56 Å². The molecule has 3 aromatic heterocycles. The molecule has 0 bridgehead atoms. The predicted octanol–water partition coefficient (Wildman–Crippen LogP) is 4.31. The molecule has 0 aliphatic carbocycles. The van der Waals surface area contributed by atoms with Crippen molar-refractivity contribution in [1.29, 1.82) is 0 Å². The zero-order valence-electron chi connectivity index (χ0n) is 27.0. The third-order valence-corrected chi connectivity index (χ3v) is 9.41. The lowest BCUT2D eigenvalue weighted by atomic mass is 9.97. The number of carboxylic acids is 1. The second-order valence-corrected chi connectivity index (χ2v) is 12.6. The fourth-order valence-corrected chi connectivity index (χ4v) is 6.57. The number of aromatic nitrogens is 3. The standard InChI is InChI=1S/C36H34Cl2N6O6/c1-50-34-21(16-40-29(19-45)36(48)49)8-10-28(43-34)27-7-3-6-26(33(27)38)25-5-2-4-24(32(25)37)20-12-13-44-30(14-20)41-17-22(35(44)47)15-39-18-23-9-11-31(46)42-23/h2-8,10,12-14,17,23,29,39-40,45H,9,11,15-16,18-19H2,1H3,(H,42,46)(H,48,49). The molecule has 1 amide bonds. The van der Waals surface area contributed by atoms with Crippen molar-refractivity contribution in [3.05, 3.63) is 105 Å². The minimum Gasteiger partial charge on any atom is -0.481 e. The summed E-state index contributed by atoms with van der Waals surface area (Å²) in [6.45, 7) is 0.463. The molecular formula is C36H34Cl2N6O6. The average Bonchev–Trinajstić information content (AvgIpc) is 3.54. The van der Waals surface area contributed by atoms with Crippen molar-refractivity contribution in [3.63, 3.8) is 0 Å². The molecule has 1 aliphatic heterocycles. The highest BCUT2D eigenvalue weighted by atomic mass is 35.5. The zero-order chi connectivity index (χ0) is 35.4. The summed E-state index contributed by atoms with van der Waals surface area (Å²) in [6, 6.07) is 17.3. The van der Waals surface area contributed by atoms with Gasteiger partial charge in [-0.15, -0.1) is 0 Å². The lowest BCUT2D eigenvalue weighted by Gasteiger charge is -2.16. The Morgan fingerprint density at radius 2 is 1.74 bits per heavy atom. The van der Waals surface area contributed by atoms with Crippen LogP contribution in [-0.4, -0.2) is 68.8 Å². The van der Waals surface area contributed by atoms with Gasteiger partial charge in [0.05, 0.1) is 29.5 Å². The summed E-state index contributed by atoms with van der Waals surface area (Å²) in [5.74, 6) is -0.834. The Hall–Kier alpha value is -4.85. The van der Waals surface area contributed by atoms with E-state index in [9.17, 15) is 24.6 Å². The van der Waals surface area contributed by atoms with Crippen molar-refractivity contribution in [1.82, 2.24) is 30.3 Å². The molecule has 6 rings (SSSR count). The second kappa shape index (κ2) is 15.4. The van der Waals surface area contributed by atoms with Gasteiger partial charge in [0.2, 0.25) is 11.8 Å². The fraction of sp³-hybridized carbons (Fsp3) is 0.250. The quantitative estimate of drug-likeness (QED) is 0.119. The van der Waals surface area contributed by atoms with Crippen LogP contribution in [0.4, 0.5) is 0 Å². The molecule has 1 fully saturated rings. The minimum atomic E-state index is -1.17. The summed E-state index contributed by atoms with van der Waals surface area (Å²) in [4.78, 5) is 45.1. The van der Waals surface area contributed by atoms with E-state index in [4.69, 9.17) is 27.9 Å². The molecule has 0 spiro atoms. The minimum absolute atomic E-state index is 0.0486. The predicted molar refractivity (Wildman–Crippen MR) is 190 cm³/mol. The number of nitrogens with zero attached hydrogens (tertiary/aromatic N) is 3. The number of nitrogens with one attached hydrogen (secondary N) is 3. The Balaban J connectivity index is 1.25. The van der Waals surface area contributed by atoms with Crippen LogP contribution >= 0.6 is 23.2 Å². The Morgan fingerprint density at radius 3 is 2.42 bits per heavy atom. The molecule has 1 saturated heterocycles. The van der Waals surface area contributed by atoms with E-state index < -0.39 is 18.6 Å². The normalized spacial score (nSPS) is 14.9. The van der Waals surface area contributed by atoms with Crippen LogP contribution in [0.25, 0.3) is 39.2 Å².